The Labute approximate surface area is 188 Å². The lowest BCUT2D eigenvalue weighted by molar-refractivity contribution is -0.123. The second-order valence-electron chi connectivity index (χ2n) is 9.14. The lowest BCUT2D eigenvalue weighted by atomic mass is 9.82. The number of imide groups is 1. The number of carbonyl (C=O) groups excluding carboxylic acids is 3. The van der Waals surface area contributed by atoms with E-state index in [1.807, 2.05) is 18.2 Å². The highest BCUT2D eigenvalue weighted by Crippen LogP contribution is 2.55. The maximum absolute atomic E-state index is 13.2. The molecule has 3 aliphatic rings. The Morgan fingerprint density at radius 3 is 2.34 bits per heavy atom. The number of aryl methyl sites for hydroxylation is 2. The Kier molecular flexibility index (Phi) is 5.00. The highest BCUT2D eigenvalue weighted by atomic mass is 16.2. The molecule has 2 fully saturated rings. The third-order valence-corrected chi connectivity index (χ3v) is 7.48. The Morgan fingerprint density at radius 1 is 1.00 bits per heavy atom. The molecule has 1 aliphatic heterocycles. The summed E-state index contributed by atoms with van der Waals surface area (Å²) in [6.07, 6.45) is 4.71. The topological polar surface area (TPSA) is 66.5 Å². The lowest BCUT2D eigenvalue weighted by Crippen LogP contribution is -2.33. The minimum absolute atomic E-state index is 0.123. The monoisotopic (exact) mass is 428 g/mol. The predicted molar refractivity (Wildman–Crippen MR) is 124 cm³/mol. The number of anilines is 2. The van der Waals surface area contributed by atoms with Gasteiger partial charge in [0, 0.05) is 11.3 Å². The molecule has 5 nitrogen and oxygen atoms in total. The zero-order valence-corrected chi connectivity index (χ0v) is 18.7. The van der Waals surface area contributed by atoms with Gasteiger partial charge in [-0.25, -0.2) is 4.90 Å². The van der Waals surface area contributed by atoms with Crippen molar-refractivity contribution in [3.63, 3.8) is 0 Å². The van der Waals surface area contributed by atoms with E-state index in [9.17, 15) is 14.4 Å². The quantitative estimate of drug-likeness (QED) is 0.551. The molecule has 1 heterocycles. The number of hydrogen-bond acceptors (Lipinski definition) is 3. The van der Waals surface area contributed by atoms with E-state index in [-0.39, 0.29) is 41.4 Å². The lowest BCUT2D eigenvalue weighted by Gasteiger charge is -2.19. The molecule has 5 heteroatoms. The van der Waals surface area contributed by atoms with Crippen LogP contribution in [-0.2, 0) is 22.4 Å². The van der Waals surface area contributed by atoms with Gasteiger partial charge >= 0.3 is 0 Å². The number of amides is 3. The molecule has 32 heavy (non-hydrogen) atoms. The van der Waals surface area contributed by atoms with Crippen LogP contribution in [0.25, 0.3) is 0 Å². The molecular formula is C27H28N2O3. The molecule has 1 saturated carbocycles. The first-order valence-corrected chi connectivity index (χ1v) is 11.5. The molecule has 2 aliphatic carbocycles. The van der Waals surface area contributed by atoms with Crippen molar-refractivity contribution >= 4 is 29.1 Å². The van der Waals surface area contributed by atoms with E-state index in [4.69, 9.17) is 0 Å². The van der Waals surface area contributed by atoms with E-state index in [1.54, 1.807) is 24.3 Å². The molecule has 0 spiro atoms. The SMILES string of the molecule is CCc1cccc(CC)c1NC(=O)c1cccc(N2C(=O)C3C4C=C(C)C(C4)C3C2=O)c1. The van der Waals surface area contributed by atoms with Gasteiger partial charge in [0.1, 0.15) is 0 Å². The summed E-state index contributed by atoms with van der Waals surface area (Å²) in [6, 6.07) is 12.9. The van der Waals surface area contributed by atoms with Crippen molar-refractivity contribution in [1.82, 2.24) is 0 Å². The molecule has 1 N–H and O–H groups in total. The van der Waals surface area contributed by atoms with Crippen molar-refractivity contribution in [3.8, 4) is 0 Å². The second-order valence-corrected chi connectivity index (χ2v) is 9.14. The molecule has 2 aromatic rings. The summed E-state index contributed by atoms with van der Waals surface area (Å²) in [5.41, 5.74) is 5.18. The van der Waals surface area contributed by atoms with E-state index in [2.05, 4.69) is 32.2 Å². The van der Waals surface area contributed by atoms with Crippen molar-refractivity contribution < 1.29 is 14.4 Å². The predicted octanol–water partition coefficient (Wildman–Crippen LogP) is 4.77. The first-order chi connectivity index (χ1) is 15.4. The largest absolute Gasteiger partial charge is 0.321 e. The van der Waals surface area contributed by atoms with Gasteiger partial charge in [0.2, 0.25) is 11.8 Å². The number of fused-ring (bicyclic) bond motifs is 5. The fourth-order valence-corrected chi connectivity index (χ4v) is 5.90. The van der Waals surface area contributed by atoms with Gasteiger partial charge in [-0.15, -0.1) is 0 Å². The molecule has 0 aromatic heterocycles. The normalized spacial score (nSPS) is 25.8. The van der Waals surface area contributed by atoms with Crippen molar-refractivity contribution in [3.05, 3.63) is 70.8 Å². The number of benzene rings is 2. The fourth-order valence-electron chi connectivity index (χ4n) is 5.90. The second kappa shape index (κ2) is 7.73. The number of hydrogen-bond donors (Lipinski definition) is 1. The Bertz CT molecular complexity index is 1140. The third kappa shape index (κ3) is 3.02. The van der Waals surface area contributed by atoms with Gasteiger partial charge in [0.05, 0.1) is 17.5 Å². The first-order valence-electron chi connectivity index (χ1n) is 11.5. The summed E-state index contributed by atoms with van der Waals surface area (Å²) >= 11 is 0. The Balaban J connectivity index is 1.42. The van der Waals surface area contributed by atoms with Crippen LogP contribution >= 0.6 is 0 Å². The van der Waals surface area contributed by atoms with Crippen LogP contribution < -0.4 is 10.2 Å². The van der Waals surface area contributed by atoms with Crippen LogP contribution in [0, 0.1) is 23.7 Å². The van der Waals surface area contributed by atoms with Gasteiger partial charge in [-0.3, -0.25) is 14.4 Å². The summed E-state index contributed by atoms with van der Waals surface area (Å²) in [7, 11) is 0. The summed E-state index contributed by atoms with van der Waals surface area (Å²) in [5, 5.41) is 3.07. The van der Waals surface area contributed by atoms with Crippen LogP contribution in [0.5, 0.6) is 0 Å². The van der Waals surface area contributed by atoms with E-state index < -0.39 is 0 Å². The highest BCUT2D eigenvalue weighted by Gasteiger charge is 2.60. The summed E-state index contributed by atoms with van der Waals surface area (Å²) < 4.78 is 0. The number of nitrogens with one attached hydrogen (secondary N) is 1. The minimum Gasteiger partial charge on any atom is -0.321 e. The molecule has 3 amide bonds. The van der Waals surface area contributed by atoms with Crippen LogP contribution in [0.15, 0.2) is 54.1 Å². The molecule has 4 unspecified atom stereocenters. The van der Waals surface area contributed by atoms with Crippen molar-refractivity contribution in [1.29, 1.82) is 0 Å². The minimum atomic E-state index is -0.253. The average Bonchev–Trinajstić information content (AvgIpc) is 3.44. The van der Waals surface area contributed by atoms with Crippen LogP contribution in [0.1, 0.15) is 48.7 Å². The Hall–Kier alpha value is -3.21. The summed E-state index contributed by atoms with van der Waals surface area (Å²) in [4.78, 5) is 40.9. The average molecular weight is 429 g/mol. The van der Waals surface area contributed by atoms with Gasteiger partial charge in [-0.05, 0) is 67.3 Å². The number of rotatable bonds is 5. The third-order valence-electron chi connectivity index (χ3n) is 7.48. The molecule has 2 bridgehead atoms. The number of para-hydroxylation sites is 1. The standard InChI is InChI=1S/C27H28N2O3/c1-4-16-8-6-9-17(5-2)24(16)28-25(30)18-10-7-11-20(13-18)29-26(31)22-19-12-15(3)21(14-19)23(22)27(29)32/h6-13,19,21-23H,4-5,14H2,1-3H3,(H,28,30). The van der Waals surface area contributed by atoms with Crippen LogP contribution in [0.2, 0.25) is 0 Å². The zero-order valence-electron chi connectivity index (χ0n) is 18.7. The Morgan fingerprint density at radius 2 is 1.66 bits per heavy atom. The molecule has 164 valence electrons. The van der Waals surface area contributed by atoms with Crippen molar-refractivity contribution in [2.45, 2.75) is 40.0 Å². The highest BCUT2D eigenvalue weighted by molar-refractivity contribution is 6.23. The summed E-state index contributed by atoms with van der Waals surface area (Å²) in [6.45, 7) is 6.19. The molecule has 1 saturated heterocycles. The maximum Gasteiger partial charge on any atom is 0.255 e. The molecule has 5 rings (SSSR count). The van der Waals surface area contributed by atoms with Gasteiger partial charge < -0.3 is 5.32 Å². The van der Waals surface area contributed by atoms with Gasteiger partial charge in [-0.2, -0.15) is 0 Å². The van der Waals surface area contributed by atoms with Crippen LogP contribution in [0.3, 0.4) is 0 Å². The van der Waals surface area contributed by atoms with E-state index in [0.717, 1.165) is 36.1 Å². The van der Waals surface area contributed by atoms with Crippen LogP contribution in [0.4, 0.5) is 11.4 Å². The van der Waals surface area contributed by atoms with Gasteiger partial charge in [0.25, 0.3) is 5.91 Å². The van der Waals surface area contributed by atoms with Crippen LogP contribution in [-0.4, -0.2) is 17.7 Å². The first kappa shape index (κ1) is 20.7. The van der Waals surface area contributed by atoms with E-state index in [0.29, 0.717) is 11.3 Å². The number of carbonyl (C=O) groups is 3. The van der Waals surface area contributed by atoms with Crippen molar-refractivity contribution in [2.75, 3.05) is 10.2 Å². The summed E-state index contributed by atoms with van der Waals surface area (Å²) in [5.74, 6) is -0.650. The van der Waals surface area contributed by atoms with Gasteiger partial charge in [-0.1, -0.05) is 49.8 Å². The molecule has 0 radical (unpaired) electrons. The molecule has 4 atom stereocenters. The number of nitrogens with zero attached hydrogens (tertiary/aromatic N) is 1. The van der Waals surface area contributed by atoms with E-state index >= 15 is 0 Å². The van der Waals surface area contributed by atoms with Crippen molar-refractivity contribution in [2.24, 2.45) is 23.7 Å². The fraction of sp³-hybridized carbons (Fsp3) is 0.370. The molecular weight excluding hydrogens is 400 g/mol. The smallest absolute Gasteiger partial charge is 0.255 e. The number of allylic oxidation sites excluding steroid dienone is 2. The zero-order chi connectivity index (χ0) is 22.6. The maximum atomic E-state index is 13.2. The molecule has 2 aromatic carbocycles. The van der Waals surface area contributed by atoms with Gasteiger partial charge in [0.15, 0.2) is 0 Å². The van der Waals surface area contributed by atoms with E-state index in [1.165, 1.54) is 10.5 Å².